The highest BCUT2D eigenvalue weighted by Crippen LogP contribution is 2.41. The largest absolute Gasteiger partial charge is 0.463 e. The summed E-state index contributed by atoms with van der Waals surface area (Å²) in [6.45, 7) is 5.85. The maximum atomic E-state index is 12.3. The van der Waals surface area contributed by atoms with E-state index in [0.717, 1.165) is 28.0 Å². The summed E-state index contributed by atoms with van der Waals surface area (Å²) < 4.78 is 7.34. The number of carbonyl (C=O) groups excluding carboxylic acids is 1. The molecule has 1 heterocycles. The number of ether oxygens (including phenoxy) is 1. The van der Waals surface area contributed by atoms with E-state index in [4.69, 9.17) is 9.72 Å². The number of imidazole rings is 1. The number of nitrogens with zero attached hydrogens (tertiary/aromatic N) is 2. The van der Waals surface area contributed by atoms with Gasteiger partial charge in [-0.05, 0) is 43.0 Å². The Bertz CT molecular complexity index is 1150. The molecular formula is C29H28N2O2. The molecule has 33 heavy (non-hydrogen) atoms. The van der Waals surface area contributed by atoms with E-state index in [0.29, 0.717) is 12.2 Å². The summed E-state index contributed by atoms with van der Waals surface area (Å²) in [6.07, 6.45) is 3.87. The standard InChI is InChI=1S/C29H28N2O2/c1-4-33-28(32)23(3)22(2)27-20-31(21-30-27)29(24-14-8-5-9-15-24,25-16-10-6-11-17-25)26-18-12-7-13-19-26/h5-21H,4H2,1-3H3. The van der Waals surface area contributed by atoms with E-state index in [2.05, 4.69) is 77.4 Å². The van der Waals surface area contributed by atoms with Crippen LogP contribution in [-0.4, -0.2) is 22.1 Å². The smallest absolute Gasteiger partial charge is 0.334 e. The number of hydrogen-bond acceptors (Lipinski definition) is 3. The first-order chi connectivity index (χ1) is 16.1. The molecule has 0 atom stereocenters. The molecule has 0 unspecified atom stereocenters. The van der Waals surface area contributed by atoms with Crippen LogP contribution in [0, 0.1) is 0 Å². The number of hydrogen-bond donors (Lipinski definition) is 0. The van der Waals surface area contributed by atoms with E-state index in [1.807, 2.05) is 44.6 Å². The first-order valence-corrected chi connectivity index (χ1v) is 11.1. The van der Waals surface area contributed by atoms with Crippen LogP contribution in [0.4, 0.5) is 0 Å². The van der Waals surface area contributed by atoms with Crippen LogP contribution in [0.15, 0.2) is 109 Å². The van der Waals surface area contributed by atoms with Crippen LogP contribution >= 0.6 is 0 Å². The second-order valence-corrected chi connectivity index (χ2v) is 7.95. The van der Waals surface area contributed by atoms with Gasteiger partial charge in [0.1, 0.15) is 5.54 Å². The van der Waals surface area contributed by atoms with Crippen LogP contribution in [-0.2, 0) is 15.1 Å². The minimum absolute atomic E-state index is 0.315. The second kappa shape index (κ2) is 9.70. The molecule has 166 valence electrons. The maximum Gasteiger partial charge on any atom is 0.334 e. The quantitative estimate of drug-likeness (QED) is 0.200. The molecule has 0 saturated carbocycles. The van der Waals surface area contributed by atoms with E-state index in [1.54, 1.807) is 6.92 Å². The molecule has 0 radical (unpaired) electrons. The zero-order valence-electron chi connectivity index (χ0n) is 19.2. The lowest BCUT2D eigenvalue weighted by molar-refractivity contribution is -0.138. The molecule has 0 N–H and O–H groups in total. The fourth-order valence-corrected chi connectivity index (χ4v) is 4.27. The molecule has 1 aromatic heterocycles. The molecule has 4 aromatic rings. The molecule has 4 nitrogen and oxygen atoms in total. The van der Waals surface area contributed by atoms with Gasteiger partial charge in [-0.3, -0.25) is 0 Å². The number of rotatable bonds is 7. The van der Waals surface area contributed by atoms with Crippen molar-refractivity contribution in [3.8, 4) is 0 Å². The molecule has 4 heteroatoms. The van der Waals surface area contributed by atoms with Gasteiger partial charge in [0.25, 0.3) is 0 Å². The average molecular weight is 437 g/mol. The predicted molar refractivity (Wildman–Crippen MR) is 132 cm³/mol. The number of esters is 1. The Morgan fingerprint density at radius 3 is 1.70 bits per heavy atom. The van der Waals surface area contributed by atoms with Crippen molar-refractivity contribution in [3.63, 3.8) is 0 Å². The second-order valence-electron chi connectivity index (χ2n) is 7.95. The molecule has 0 aliphatic heterocycles. The highest BCUT2D eigenvalue weighted by molar-refractivity contribution is 5.96. The van der Waals surface area contributed by atoms with Crippen LogP contribution in [0.3, 0.4) is 0 Å². The minimum Gasteiger partial charge on any atom is -0.463 e. The van der Waals surface area contributed by atoms with E-state index in [9.17, 15) is 4.79 Å². The fourth-order valence-electron chi connectivity index (χ4n) is 4.27. The molecule has 0 saturated heterocycles. The van der Waals surface area contributed by atoms with Gasteiger partial charge in [0, 0.05) is 11.8 Å². The summed E-state index contributed by atoms with van der Waals surface area (Å²) in [6, 6.07) is 31.3. The first-order valence-electron chi connectivity index (χ1n) is 11.1. The van der Waals surface area contributed by atoms with Crippen molar-refractivity contribution in [1.29, 1.82) is 0 Å². The van der Waals surface area contributed by atoms with Crippen molar-refractivity contribution in [1.82, 2.24) is 9.55 Å². The highest BCUT2D eigenvalue weighted by atomic mass is 16.5. The Morgan fingerprint density at radius 2 is 1.27 bits per heavy atom. The zero-order chi connectivity index (χ0) is 23.3. The van der Waals surface area contributed by atoms with Gasteiger partial charge in [-0.15, -0.1) is 0 Å². The molecule has 0 spiro atoms. The van der Waals surface area contributed by atoms with Crippen molar-refractivity contribution < 1.29 is 9.53 Å². The van der Waals surface area contributed by atoms with E-state index < -0.39 is 5.54 Å². The Balaban J connectivity index is 1.98. The molecule has 0 bridgehead atoms. The Labute approximate surface area is 195 Å². The third-order valence-electron chi connectivity index (χ3n) is 6.07. The van der Waals surface area contributed by atoms with Crippen LogP contribution in [0.5, 0.6) is 0 Å². The van der Waals surface area contributed by atoms with Gasteiger partial charge >= 0.3 is 5.97 Å². The molecule has 3 aromatic carbocycles. The summed E-state index contributed by atoms with van der Waals surface area (Å²) in [7, 11) is 0. The Kier molecular flexibility index (Phi) is 6.55. The maximum absolute atomic E-state index is 12.3. The molecule has 0 aliphatic rings. The number of allylic oxidation sites excluding steroid dienone is 1. The van der Waals surface area contributed by atoms with Crippen molar-refractivity contribution in [3.05, 3.63) is 131 Å². The zero-order valence-corrected chi connectivity index (χ0v) is 19.2. The normalized spacial score (nSPS) is 12.2. The molecule has 0 aliphatic carbocycles. The lowest BCUT2D eigenvalue weighted by Crippen LogP contribution is -2.36. The molecule has 0 fully saturated rings. The van der Waals surface area contributed by atoms with Crippen molar-refractivity contribution in [2.75, 3.05) is 6.61 Å². The SMILES string of the molecule is CCOC(=O)C(C)=C(C)c1cn(C(c2ccccc2)(c2ccccc2)c2ccccc2)cn1. The van der Waals surface area contributed by atoms with Gasteiger partial charge in [0.05, 0.1) is 18.6 Å². The van der Waals surface area contributed by atoms with Crippen molar-refractivity contribution in [2.24, 2.45) is 0 Å². The topological polar surface area (TPSA) is 44.1 Å². The van der Waals surface area contributed by atoms with Gasteiger partial charge < -0.3 is 9.30 Å². The summed E-state index contributed by atoms with van der Waals surface area (Å²) in [5.41, 5.74) is 4.84. The van der Waals surface area contributed by atoms with Gasteiger partial charge in [0.2, 0.25) is 0 Å². The van der Waals surface area contributed by atoms with Gasteiger partial charge in [0.15, 0.2) is 0 Å². The minimum atomic E-state index is -0.632. The highest BCUT2D eigenvalue weighted by Gasteiger charge is 2.38. The number of benzene rings is 3. The van der Waals surface area contributed by atoms with E-state index in [-0.39, 0.29) is 5.97 Å². The van der Waals surface area contributed by atoms with Crippen LogP contribution < -0.4 is 0 Å². The lowest BCUT2D eigenvalue weighted by atomic mass is 9.77. The average Bonchev–Trinajstić information content (AvgIpc) is 3.36. The number of aromatic nitrogens is 2. The van der Waals surface area contributed by atoms with Gasteiger partial charge in [-0.2, -0.15) is 0 Å². The Hall–Kier alpha value is -3.92. The summed E-state index contributed by atoms with van der Waals surface area (Å²) >= 11 is 0. The van der Waals surface area contributed by atoms with Gasteiger partial charge in [-0.1, -0.05) is 91.0 Å². The third-order valence-corrected chi connectivity index (χ3v) is 6.07. The third kappa shape index (κ3) is 4.12. The van der Waals surface area contributed by atoms with Crippen LogP contribution in [0.25, 0.3) is 5.57 Å². The molecular weight excluding hydrogens is 408 g/mol. The predicted octanol–water partition coefficient (Wildman–Crippen LogP) is 6.08. The first kappa shape index (κ1) is 22.3. The van der Waals surface area contributed by atoms with Crippen LogP contribution in [0.2, 0.25) is 0 Å². The van der Waals surface area contributed by atoms with Crippen molar-refractivity contribution in [2.45, 2.75) is 26.3 Å². The summed E-state index contributed by atoms with van der Waals surface area (Å²) in [5.74, 6) is -0.315. The van der Waals surface area contributed by atoms with Crippen molar-refractivity contribution >= 4 is 11.5 Å². The molecule has 0 amide bonds. The Morgan fingerprint density at radius 1 is 0.818 bits per heavy atom. The number of carbonyl (C=O) groups is 1. The summed E-state index contributed by atoms with van der Waals surface area (Å²) in [5, 5.41) is 0. The monoisotopic (exact) mass is 436 g/mol. The molecule has 4 rings (SSSR count). The van der Waals surface area contributed by atoms with E-state index >= 15 is 0 Å². The van der Waals surface area contributed by atoms with E-state index in [1.165, 1.54) is 0 Å². The lowest BCUT2D eigenvalue weighted by Gasteiger charge is -2.37. The fraction of sp³-hybridized carbons (Fsp3) is 0.172. The summed E-state index contributed by atoms with van der Waals surface area (Å²) in [4.78, 5) is 17.0. The van der Waals surface area contributed by atoms with Gasteiger partial charge in [-0.25, -0.2) is 9.78 Å². The van der Waals surface area contributed by atoms with Crippen LogP contribution in [0.1, 0.15) is 43.2 Å².